The summed E-state index contributed by atoms with van der Waals surface area (Å²) in [5.74, 6) is 0. The highest BCUT2D eigenvalue weighted by molar-refractivity contribution is 9.09. The van der Waals surface area contributed by atoms with Gasteiger partial charge < -0.3 is 0 Å². The van der Waals surface area contributed by atoms with E-state index in [1.54, 1.807) is 0 Å². The van der Waals surface area contributed by atoms with Gasteiger partial charge in [-0.05, 0) is 41.4 Å². The van der Waals surface area contributed by atoms with Crippen LogP contribution in [0.2, 0.25) is 0 Å². The van der Waals surface area contributed by atoms with Crippen LogP contribution in [0.4, 0.5) is 0 Å². The van der Waals surface area contributed by atoms with Gasteiger partial charge >= 0.3 is 0 Å². The molecule has 16 heavy (non-hydrogen) atoms. The molecule has 0 radical (unpaired) electrons. The Balaban J connectivity index is 3.07. The van der Waals surface area contributed by atoms with E-state index in [1.807, 2.05) is 0 Å². The lowest BCUT2D eigenvalue weighted by Crippen LogP contribution is -2.18. The molecular formula is C15H23Br. The molecule has 0 nitrogen and oxygen atoms in total. The Hall–Kier alpha value is -0.300. The van der Waals surface area contributed by atoms with Crippen molar-refractivity contribution in [2.45, 2.75) is 52.4 Å². The SMILES string of the molecule is CCc1ccc(C(C)(C)CCBr)cc1CC. The largest absolute Gasteiger partial charge is 0.0928 e. The molecule has 1 heteroatoms. The molecule has 0 spiro atoms. The van der Waals surface area contributed by atoms with Crippen molar-refractivity contribution in [2.75, 3.05) is 5.33 Å². The molecule has 0 N–H and O–H groups in total. The lowest BCUT2D eigenvalue weighted by molar-refractivity contribution is 0.511. The molecule has 0 aliphatic heterocycles. The third kappa shape index (κ3) is 3.10. The Morgan fingerprint density at radius 3 is 2.19 bits per heavy atom. The highest BCUT2D eigenvalue weighted by Gasteiger charge is 2.20. The maximum Gasteiger partial charge on any atom is 0.00395 e. The maximum atomic E-state index is 3.55. The fourth-order valence-corrected chi connectivity index (χ4v) is 3.09. The molecule has 1 rings (SSSR count). The number of benzene rings is 1. The first-order valence-corrected chi connectivity index (χ1v) is 7.35. The molecule has 0 unspecified atom stereocenters. The average molecular weight is 283 g/mol. The fourth-order valence-electron chi connectivity index (χ4n) is 2.10. The van der Waals surface area contributed by atoms with E-state index < -0.39 is 0 Å². The van der Waals surface area contributed by atoms with Gasteiger partial charge in [-0.25, -0.2) is 0 Å². The van der Waals surface area contributed by atoms with Crippen molar-refractivity contribution in [1.29, 1.82) is 0 Å². The van der Waals surface area contributed by atoms with Crippen LogP contribution in [0.1, 0.15) is 50.8 Å². The van der Waals surface area contributed by atoms with Gasteiger partial charge in [-0.1, -0.05) is 61.8 Å². The second-order valence-corrected chi connectivity index (χ2v) is 5.81. The minimum absolute atomic E-state index is 0.277. The highest BCUT2D eigenvalue weighted by atomic mass is 79.9. The third-order valence-electron chi connectivity index (χ3n) is 3.47. The number of rotatable bonds is 5. The molecule has 0 bridgehead atoms. The normalized spacial score (nSPS) is 11.8. The van der Waals surface area contributed by atoms with Crippen molar-refractivity contribution in [1.82, 2.24) is 0 Å². The zero-order valence-corrected chi connectivity index (χ0v) is 12.5. The molecule has 0 aliphatic rings. The Kier molecular flexibility index (Phi) is 5.04. The maximum absolute atomic E-state index is 3.55. The van der Waals surface area contributed by atoms with Crippen LogP contribution < -0.4 is 0 Å². The summed E-state index contributed by atoms with van der Waals surface area (Å²) in [7, 11) is 0. The minimum Gasteiger partial charge on any atom is -0.0928 e. The van der Waals surface area contributed by atoms with Crippen molar-refractivity contribution < 1.29 is 0 Å². The van der Waals surface area contributed by atoms with Crippen molar-refractivity contribution in [3.05, 3.63) is 34.9 Å². The number of hydrogen-bond acceptors (Lipinski definition) is 0. The highest BCUT2D eigenvalue weighted by Crippen LogP contribution is 2.29. The number of aryl methyl sites for hydroxylation is 2. The topological polar surface area (TPSA) is 0 Å². The van der Waals surface area contributed by atoms with Crippen molar-refractivity contribution in [2.24, 2.45) is 0 Å². The van der Waals surface area contributed by atoms with E-state index in [9.17, 15) is 0 Å². The van der Waals surface area contributed by atoms with Gasteiger partial charge in [0.25, 0.3) is 0 Å². The van der Waals surface area contributed by atoms with Crippen LogP contribution in [0.15, 0.2) is 18.2 Å². The average Bonchev–Trinajstić information content (AvgIpc) is 2.28. The van der Waals surface area contributed by atoms with Crippen LogP contribution in [0.25, 0.3) is 0 Å². The second-order valence-electron chi connectivity index (χ2n) is 5.01. The van der Waals surface area contributed by atoms with Crippen LogP contribution in [-0.4, -0.2) is 5.33 Å². The molecule has 0 amide bonds. The molecule has 0 heterocycles. The van der Waals surface area contributed by atoms with Gasteiger partial charge in [-0.15, -0.1) is 0 Å². The van der Waals surface area contributed by atoms with E-state index in [-0.39, 0.29) is 5.41 Å². The Morgan fingerprint density at radius 2 is 1.69 bits per heavy atom. The van der Waals surface area contributed by atoms with Gasteiger partial charge in [-0.2, -0.15) is 0 Å². The minimum atomic E-state index is 0.277. The summed E-state index contributed by atoms with van der Waals surface area (Å²) < 4.78 is 0. The standard InChI is InChI=1S/C15H23Br/c1-5-12-7-8-14(11-13(12)6-2)15(3,4)9-10-16/h7-8,11H,5-6,9-10H2,1-4H3. The predicted octanol–water partition coefficient (Wildman–Crippen LogP) is 4.87. The molecule has 0 atom stereocenters. The van der Waals surface area contributed by atoms with Crippen molar-refractivity contribution in [3.63, 3.8) is 0 Å². The Labute approximate surface area is 109 Å². The number of halogens is 1. The van der Waals surface area contributed by atoms with Crippen LogP contribution in [-0.2, 0) is 18.3 Å². The van der Waals surface area contributed by atoms with Crippen LogP contribution in [0.3, 0.4) is 0 Å². The Morgan fingerprint density at radius 1 is 1.06 bits per heavy atom. The number of alkyl halides is 1. The Bertz CT molecular complexity index is 339. The van der Waals surface area contributed by atoms with E-state index in [2.05, 4.69) is 61.8 Å². The fraction of sp³-hybridized carbons (Fsp3) is 0.600. The van der Waals surface area contributed by atoms with E-state index >= 15 is 0 Å². The first-order chi connectivity index (χ1) is 7.55. The van der Waals surface area contributed by atoms with E-state index in [4.69, 9.17) is 0 Å². The molecule has 90 valence electrons. The molecular weight excluding hydrogens is 260 g/mol. The summed E-state index contributed by atoms with van der Waals surface area (Å²) in [5.41, 5.74) is 4.77. The summed E-state index contributed by atoms with van der Waals surface area (Å²) >= 11 is 3.55. The predicted molar refractivity (Wildman–Crippen MR) is 76.6 cm³/mol. The molecule has 0 saturated carbocycles. The van der Waals surface area contributed by atoms with Crippen LogP contribution in [0, 0.1) is 0 Å². The van der Waals surface area contributed by atoms with Gasteiger partial charge in [0.2, 0.25) is 0 Å². The van der Waals surface area contributed by atoms with E-state index in [0.717, 1.165) is 18.2 Å². The molecule has 0 fully saturated rings. The van der Waals surface area contributed by atoms with Crippen LogP contribution >= 0.6 is 15.9 Å². The van der Waals surface area contributed by atoms with Gasteiger partial charge in [0, 0.05) is 5.33 Å². The second kappa shape index (κ2) is 5.86. The first-order valence-electron chi connectivity index (χ1n) is 6.23. The van der Waals surface area contributed by atoms with E-state index in [0.29, 0.717) is 0 Å². The summed E-state index contributed by atoms with van der Waals surface area (Å²) in [4.78, 5) is 0. The van der Waals surface area contributed by atoms with Gasteiger partial charge in [0.15, 0.2) is 0 Å². The third-order valence-corrected chi connectivity index (χ3v) is 3.87. The van der Waals surface area contributed by atoms with Crippen molar-refractivity contribution in [3.8, 4) is 0 Å². The molecule has 0 aliphatic carbocycles. The molecule has 1 aromatic rings. The summed E-state index contributed by atoms with van der Waals surface area (Å²) in [5, 5.41) is 1.07. The molecule has 1 aromatic carbocycles. The quantitative estimate of drug-likeness (QED) is 0.676. The van der Waals surface area contributed by atoms with E-state index in [1.165, 1.54) is 23.1 Å². The zero-order chi connectivity index (χ0) is 12.2. The van der Waals surface area contributed by atoms with Gasteiger partial charge in [-0.3, -0.25) is 0 Å². The smallest absolute Gasteiger partial charge is 0.00395 e. The summed E-state index contributed by atoms with van der Waals surface area (Å²) in [6.45, 7) is 9.14. The first kappa shape index (κ1) is 13.8. The lowest BCUT2D eigenvalue weighted by atomic mass is 9.80. The molecule has 0 aromatic heterocycles. The van der Waals surface area contributed by atoms with Gasteiger partial charge in [0.1, 0.15) is 0 Å². The van der Waals surface area contributed by atoms with Crippen molar-refractivity contribution >= 4 is 15.9 Å². The lowest BCUT2D eigenvalue weighted by Gasteiger charge is -2.25. The van der Waals surface area contributed by atoms with Crippen LogP contribution in [0.5, 0.6) is 0 Å². The zero-order valence-electron chi connectivity index (χ0n) is 10.9. The molecule has 0 saturated heterocycles. The summed E-state index contributed by atoms with van der Waals surface area (Å²) in [6, 6.07) is 7.02. The summed E-state index contributed by atoms with van der Waals surface area (Å²) in [6.07, 6.45) is 3.46. The monoisotopic (exact) mass is 282 g/mol. The number of hydrogen-bond donors (Lipinski definition) is 0. The van der Waals surface area contributed by atoms with Gasteiger partial charge in [0.05, 0.1) is 0 Å².